The molecule has 26 heavy (non-hydrogen) atoms. The minimum Gasteiger partial charge on any atom is -0.470 e. The van der Waals surface area contributed by atoms with Crippen molar-refractivity contribution in [3.05, 3.63) is 18.2 Å². The van der Waals surface area contributed by atoms with Crippen molar-refractivity contribution in [1.82, 2.24) is 14.9 Å². The molecule has 2 atom stereocenters. The quantitative estimate of drug-likeness (QED) is 0.829. The van der Waals surface area contributed by atoms with Crippen LogP contribution in [-0.2, 0) is 9.53 Å². The zero-order valence-corrected chi connectivity index (χ0v) is 15.6. The first-order valence-electron chi connectivity index (χ1n) is 8.53. The van der Waals surface area contributed by atoms with Gasteiger partial charge in [-0.25, -0.2) is 14.8 Å². The lowest BCUT2D eigenvalue weighted by atomic mass is 10.1. The van der Waals surface area contributed by atoms with E-state index in [1.165, 1.54) is 11.8 Å². The number of ether oxygens (including phenoxy) is 2. The summed E-state index contributed by atoms with van der Waals surface area (Å²) < 4.78 is 16.9. The van der Waals surface area contributed by atoms with Crippen molar-refractivity contribution in [3.63, 3.8) is 0 Å². The highest BCUT2D eigenvalue weighted by Gasteiger charge is 2.41. The van der Waals surface area contributed by atoms with Crippen LogP contribution < -0.4 is 4.74 Å². The van der Waals surface area contributed by atoms with Crippen LogP contribution in [0.5, 0.6) is 5.88 Å². The summed E-state index contributed by atoms with van der Waals surface area (Å²) in [7, 11) is 0. The summed E-state index contributed by atoms with van der Waals surface area (Å²) in [6.07, 6.45) is 1.05. The molecule has 0 spiro atoms. The van der Waals surface area contributed by atoms with Crippen molar-refractivity contribution in [3.8, 4) is 5.88 Å². The number of amides is 1. The van der Waals surface area contributed by atoms with Gasteiger partial charge in [0.25, 0.3) is 5.88 Å². The number of hydrogen-bond donors (Lipinski definition) is 0. The van der Waals surface area contributed by atoms with Gasteiger partial charge in [0.15, 0.2) is 11.7 Å². The number of fused-ring (bicyclic) bond motifs is 1. The maximum absolute atomic E-state index is 12.4. The summed E-state index contributed by atoms with van der Waals surface area (Å²) in [6.45, 7) is 8.81. The van der Waals surface area contributed by atoms with Crippen LogP contribution in [0.4, 0.5) is 4.79 Å². The molecule has 8 heteroatoms. The molecule has 0 aliphatic carbocycles. The van der Waals surface area contributed by atoms with Crippen molar-refractivity contribution in [1.29, 1.82) is 0 Å². The second kappa shape index (κ2) is 6.59. The van der Waals surface area contributed by atoms with E-state index in [9.17, 15) is 9.59 Å². The van der Waals surface area contributed by atoms with E-state index in [-0.39, 0.29) is 18.4 Å². The van der Waals surface area contributed by atoms with Gasteiger partial charge in [-0.15, -0.1) is 0 Å². The molecule has 1 saturated heterocycles. The Balaban J connectivity index is 1.79. The third kappa shape index (κ3) is 3.79. The molecule has 0 saturated carbocycles. The number of Topliss-reactive ketones (excluding diaryl/α,β-unsaturated/α-hetero) is 1. The minimum atomic E-state index is -0.637. The van der Waals surface area contributed by atoms with Crippen LogP contribution in [-0.4, -0.2) is 51.0 Å². The second-order valence-electron chi connectivity index (χ2n) is 7.43. The average molecular weight is 361 g/mol. The van der Waals surface area contributed by atoms with Crippen molar-refractivity contribution < 1.29 is 23.5 Å². The number of carbonyl (C=O) groups is 2. The Hall–Kier alpha value is -2.64. The monoisotopic (exact) mass is 361 g/mol. The molecule has 8 nitrogen and oxygen atoms in total. The molecule has 0 aromatic carbocycles. The largest absolute Gasteiger partial charge is 0.470 e. The maximum atomic E-state index is 12.4. The van der Waals surface area contributed by atoms with Gasteiger partial charge in [-0.1, -0.05) is 0 Å². The number of nitrogens with zero attached hydrogens (tertiary/aromatic N) is 3. The van der Waals surface area contributed by atoms with E-state index in [0.29, 0.717) is 29.3 Å². The predicted molar refractivity (Wildman–Crippen MR) is 93.0 cm³/mol. The second-order valence-corrected chi connectivity index (χ2v) is 7.43. The third-order valence-electron chi connectivity index (χ3n) is 4.02. The van der Waals surface area contributed by atoms with E-state index in [1.807, 2.05) is 0 Å². The Morgan fingerprint density at radius 1 is 1.35 bits per heavy atom. The van der Waals surface area contributed by atoms with Gasteiger partial charge < -0.3 is 13.9 Å². The highest BCUT2D eigenvalue weighted by atomic mass is 16.6. The molecule has 2 aromatic rings. The molecule has 0 bridgehead atoms. The van der Waals surface area contributed by atoms with Crippen molar-refractivity contribution in [2.75, 3.05) is 6.54 Å². The molecule has 0 radical (unpaired) electrons. The molecule has 3 rings (SSSR count). The average Bonchev–Trinajstić information content (AvgIpc) is 3.09. The lowest BCUT2D eigenvalue weighted by Gasteiger charge is -2.27. The van der Waals surface area contributed by atoms with Crippen molar-refractivity contribution >= 4 is 23.0 Å². The first-order chi connectivity index (χ1) is 12.1. The highest BCUT2D eigenvalue weighted by Crippen LogP contribution is 2.29. The van der Waals surface area contributed by atoms with Crippen molar-refractivity contribution in [2.45, 2.75) is 58.8 Å². The number of likely N-dealkylation sites (tertiary alicyclic amines) is 1. The molecule has 2 aromatic heterocycles. The fraction of sp³-hybridized carbons (Fsp3) is 0.556. The summed E-state index contributed by atoms with van der Waals surface area (Å²) in [5.74, 6) is 0.714. The van der Waals surface area contributed by atoms with Crippen LogP contribution in [0.2, 0.25) is 0 Å². The van der Waals surface area contributed by atoms with E-state index in [4.69, 9.17) is 13.9 Å². The van der Waals surface area contributed by atoms with Gasteiger partial charge in [0, 0.05) is 19.5 Å². The van der Waals surface area contributed by atoms with Crippen LogP contribution in [0.1, 0.15) is 40.0 Å². The summed E-state index contributed by atoms with van der Waals surface area (Å²) >= 11 is 0. The molecule has 1 aliphatic heterocycles. The fourth-order valence-electron chi connectivity index (χ4n) is 2.98. The molecule has 0 N–H and O–H groups in total. The first kappa shape index (κ1) is 18.2. The zero-order chi connectivity index (χ0) is 19.1. The molecule has 3 heterocycles. The zero-order valence-electron chi connectivity index (χ0n) is 15.6. The van der Waals surface area contributed by atoms with E-state index in [0.717, 1.165) is 0 Å². The standard InChI is InChI=1S/C18H23N3O5/c1-10(22)14-8-12(9-21(14)17(23)26-18(3,4)5)25-16-15-13(6-7-19-16)20-11(2)24-15/h6-7,12,14H,8-9H2,1-5H3/t12?,14-/m0/s1. The smallest absolute Gasteiger partial charge is 0.411 e. The number of aromatic nitrogens is 2. The highest BCUT2D eigenvalue weighted by molar-refractivity contribution is 5.86. The number of oxazole rings is 1. The number of carbonyl (C=O) groups excluding carboxylic acids is 2. The number of pyridine rings is 1. The Kier molecular flexibility index (Phi) is 4.60. The van der Waals surface area contributed by atoms with Gasteiger partial charge >= 0.3 is 6.09 Å². The SMILES string of the molecule is CC(=O)[C@@H]1CC(Oc2nccc3nc(C)oc23)CN1C(=O)OC(C)(C)C. The summed E-state index contributed by atoms with van der Waals surface area (Å²) in [4.78, 5) is 34.3. The number of rotatable bonds is 3. The maximum Gasteiger partial charge on any atom is 0.411 e. The number of aryl methyl sites for hydroxylation is 1. The lowest BCUT2D eigenvalue weighted by molar-refractivity contribution is -0.121. The Bertz CT molecular complexity index is 839. The van der Waals surface area contributed by atoms with Crippen LogP contribution in [0.25, 0.3) is 11.1 Å². The van der Waals surface area contributed by atoms with Crippen LogP contribution in [0.15, 0.2) is 16.7 Å². The van der Waals surface area contributed by atoms with Gasteiger partial charge in [-0.3, -0.25) is 9.69 Å². The molecule has 1 fully saturated rings. The number of ketones is 1. The van der Waals surface area contributed by atoms with E-state index in [1.54, 1.807) is 40.0 Å². The third-order valence-corrected chi connectivity index (χ3v) is 4.02. The molecule has 1 aliphatic rings. The predicted octanol–water partition coefficient (Wildman–Crippen LogP) is 2.88. The molecular weight excluding hydrogens is 338 g/mol. The van der Waals surface area contributed by atoms with Crippen LogP contribution >= 0.6 is 0 Å². The Morgan fingerprint density at radius 3 is 2.73 bits per heavy atom. The van der Waals surface area contributed by atoms with Gasteiger partial charge in [-0.2, -0.15) is 0 Å². The topological polar surface area (TPSA) is 94.8 Å². The lowest BCUT2D eigenvalue weighted by Crippen LogP contribution is -2.43. The van der Waals surface area contributed by atoms with Gasteiger partial charge in [-0.05, 0) is 33.8 Å². The Morgan fingerprint density at radius 2 is 2.08 bits per heavy atom. The molecule has 140 valence electrons. The van der Waals surface area contributed by atoms with Gasteiger partial charge in [0.2, 0.25) is 5.58 Å². The summed E-state index contributed by atoms with van der Waals surface area (Å²) in [5.41, 5.74) is 0.472. The molecule has 1 unspecified atom stereocenters. The first-order valence-corrected chi connectivity index (χ1v) is 8.53. The van der Waals surface area contributed by atoms with Crippen LogP contribution in [0, 0.1) is 6.92 Å². The summed E-state index contributed by atoms with van der Waals surface area (Å²) in [5, 5.41) is 0. The normalized spacial score (nSPS) is 20.4. The van der Waals surface area contributed by atoms with E-state index in [2.05, 4.69) is 9.97 Å². The van der Waals surface area contributed by atoms with E-state index < -0.39 is 17.7 Å². The summed E-state index contributed by atoms with van der Waals surface area (Å²) in [6, 6.07) is 1.16. The molecular formula is C18H23N3O5. The van der Waals surface area contributed by atoms with E-state index >= 15 is 0 Å². The molecule has 1 amide bonds. The van der Waals surface area contributed by atoms with Gasteiger partial charge in [0.1, 0.15) is 17.2 Å². The fourth-order valence-corrected chi connectivity index (χ4v) is 2.98. The minimum absolute atomic E-state index is 0.108. The number of hydrogen-bond acceptors (Lipinski definition) is 7. The van der Waals surface area contributed by atoms with Gasteiger partial charge in [0.05, 0.1) is 12.6 Å². The Labute approximate surface area is 151 Å². The van der Waals surface area contributed by atoms with Crippen molar-refractivity contribution in [2.24, 2.45) is 0 Å². The van der Waals surface area contributed by atoms with Crippen LogP contribution in [0.3, 0.4) is 0 Å².